The SMILES string of the molecule is CC1CN(c2ncnc3c2c(-c2ccccc2F)cn3-c2cc(C(F)(F)F)ccn2)C(C)CN1C(=O)O. The second-order valence-corrected chi connectivity index (χ2v) is 8.97. The van der Waals surface area contributed by atoms with Crippen LogP contribution in [-0.2, 0) is 6.18 Å². The van der Waals surface area contributed by atoms with E-state index in [1.165, 1.54) is 28.1 Å². The average molecular weight is 514 g/mol. The van der Waals surface area contributed by atoms with Crippen LogP contribution in [0.25, 0.3) is 28.0 Å². The van der Waals surface area contributed by atoms with Gasteiger partial charge in [-0.15, -0.1) is 0 Å². The van der Waals surface area contributed by atoms with Crippen molar-refractivity contribution in [3.05, 3.63) is 66.5 Å². The molecule has 2 atom stereocenters. The number of hydrogen-bond acceptors (Lipinski definition) is 5. The van der Waals surface area contributed by atoms with Gasteiger partial charge in [-0.25, -0.2) is 24.1 Å². The van der Waals surface area contributed by atoms with Gasteiger partial charge in [0.2, 0.25) is 0 Å². The number of piperazine rings is 1. The Balaban J connectivity index is 1.74. The second kappa shape index (κ2) is 9.02. The summed E-state index contributed by atoms with van der Waals surface area (Å²) >= 11 is 0. The fourth-order valence-electron chi connectivity index (χ4n) is 4.74. The van der Waals surface area contributed by atoms with Crippen LogP contribution >= 0.6 is 0 Å². The monoisotopic (exact) mass is 514 g/mol. The number of fused-ring (bicyclic) bond motifs is 1. The maximum Gasteiger partial charge on any atom is 0.416 e. The van der Waals surface area contributed by atoms with E-state index in [4.69, 9.17) is 0 Å². The van der Waals surface area contributed by atoms with E-state index in [9.17, 15) is 27.5 Å². The first kappa shape index (κ1) is 24.5. The maximum atomic E-state index is 15.0. The van der Waals surface area contributed by atoms with Gasteiger partial charge in [-0.1, -0.05) is 18.2 Å². The van der Waals surface area contributed by atoms with Crippen molar-refractivity contribution in [2.45, 2.75) is 32.1 Å². The van der Waals surface area contributed by atoms with Gasteiger partial charge in [-0.2, -0.15) is 13.2 Å². The molecule has 0 radical (unpaired) electrons. The van der Waals surface area contributed by atoms with Gasteiger partial charge in [-0.05, 0) is 32.0 Å². The zero-order valence-electron chi connectivity index (χ0n) is 19.8. The van der Waals surface area contributed by atoms with Gasteiger partial charge in [0.25, 0.3) is 0 Å². The first-order valence-electron chi connectivity index (χ1n) is 11.5. The molecule has 192 valence electrons. The standard InChI is InChI=1S/C25H22F4N6O2/c1-14-11-34(24(36)37)15(2)10-33(14)22-21-18(17-5-3-4-6-19(17)26)12-35(23(21)32-13-31-22)20-9-16(7-8-30-20)25(27,28)29/h3-9,12-15H,10-11H2,1-2H3,(H,36,37). The highest BCUT2D eigenvalue weighted by Crippen LogP contribution is 2.39. The lowest BCUT2D eigenvalue weighted by Gasteiger charge is -2.43. The summed E-state index contributed by atoms with van der Waals surface area (Å²) < 4.78 is 56.7. The van der Waals surface area contributed by atoms with E-state index < -0.39 is 23.7 Å². The van der Waals surface area contributed by atoms with Crippen molar-refractivity contribution < 1.29 is 27.5 Å². The molecular weight excluding hydrogens is 492 g/mol. The summed E-state index contributed by atoms with van der Waals surface area (Å²) in [6.45, 7) is 4.15. The fraction of sp³-hybridized carbons (Fsp3) is 0.280. The Morgan fingerprint density at radius 1 is 1.03 bits per heavy atom. The lowest BCUT2D eigenvalue weighted by atomic mass is 10.0. The van der Waals surface area contributed by atoms with Crippen molar-refractivity contribution >= 4 is 22.9 Å². The van der Waals surface area contributed by atoms with Crippen molar-refractivity contribution in [3.63, 3.8) is 0 Å². The van der Waals surface area contributed by atoms with Gasteiger partial charge in [-0.3, -0.25) is 4.57 Å². The molecule has 0 saturated carbocycles. The number of anilines is 1. The maximum absolute atomic E-state index is 15.0. The summed E-state index contributed by atoms with van der Waals surface area (Å²) in [6, 6.07) is 7.20. The Morgan fingerprint density at radius 2 is 1.78 bits per heavy atom. The molecule has 0 spiro atoms. The lowest BCUT2D eigenvalue weighted by molar-refractivity contribution is -0.137. The highest BCUT2D eigenvalue weighted by molar-refractivity contribution is 6.02. The largest absolute Gasteiger partial charge is 0.465 e. The highest BCUT2D eigenvalue weighted by Gasteiger charge is 2.35. The summed E-state index contributed by atoms with van der Waals surface area (Å²) in [5.41, 5.74) is -0.0357. The summed E-state index contributed by atoms with van der Waals surface area (Å²) in [5, 5.41) is 9.96. The molecule has 2 unspecified atom stereocenters. The molecule has 37 heavy (non-hydrogen) atoms. The molecule has 1 amide bonds. The third-order valence-corrected chi connectivity index (χ3v) is 6.55. The number of carbonyl (C=O) groups is 1. The number of benzene rings is 1. The number of nitrogens with zero attached hydrogens (tertiary/aromatic N) is 6. The van der Waals surface area contributed by atoms with Crippen molar-refractivity contribution in [1.29, 1.82) is 0 Å². The van der Waals surface area contributed by atoms with Crippen molar-refractivity contribution in [3.8, 4) is 16.9 Å². The molecule has 5 rings (SSSR count). The van der Waals surface area contributed by atoms with Crippen molar-refractivity contribution in [2.75, 3.05) is 18.0 Å². The molecule has 1 aromatic carbocycles. The third-order valence-electron chi connectivity index (χ3n) is 6.55. The minimum absolute atomic E-state index is 0.0378. The minimum Gasteiger partial charge on any atom is -0.465 e. The molecular formula is C25H22F4N6O2. The smallest absolute Gasteiger partial charge is 0.416 e. The van der Waals surface area contributed by atoms with Crippen LogP contribution in [0.2, 0.25) is 0 Å². The van der Waals surface area contributed by atoms with Crippen LogP contribution in [0, 0.1) is 5.82 Å². The second-order valence-electron chi connectivity index (χ2n) is 8.97. The number of alkyl halides is 3. The summed E-state index contributed by atoms with van der Waals surface area (Å²) in [6.07, 6.45) is -1.76. The molecule has 0 aliphatic carbocycles. The molecule has 1 N–H and O–H groups in total. The van der Waals surface area contributed by atoms with Crippen molar-refractivity contribution in [2.24, 2.45) is 0 Å². The normalized spacial score (nSPS) is 18.4. The molecule has 3 aromatic heterocycles. The third kappa shape index (κ3) is 4.32. The molecule has 12 heteroatoms. The topological polar surface area (TPSA) is 87.4 Å². The Labute approximate surface area is 208 Å². The van der Waals surface area contributed by atoms with Crippen LogP contribution in [0.5, 0.6) is 0 Å². The zero-order chi connectivity index (χ0) is 26.5. The predicted molar refractivity (Wildman–Crippen MR) is 128 cm³/mol. The van der Waals surface area contributed by atoms with Gasteiger partial charge >= 0.3 is 12.3 Å². The molecule has 1 aliphatic heterocycles. The van der Waals surface area contributed by atoms with E-state index in [2.05, 4.69) is 15.0 Å². The fourth-order valence-corrected chi connectivity index (χ4v) is 4.74. The van der Waals surface area contributed by atoms with Gasteiger partial charge in [0, 0.05) is 48.7 Å². The van der Waals surface area contributed by atoms with Gasteiger partial charge in [0.15, 0.2) is 5.65 Å². The van der Waals surface area contributed by atoms with E-state index in [1.54, 1.807) is 25.1 Å². The Bertz CT molecular complexity index is 1490. The van der Waals surface area contributed by atoms with Crippen LogP contribution in [-0.4, -0.2) is 60.8 Å². The molecule has 1 fully saturated rings. The van der Waals surface area contributed by atoms with E-state index in [1.807, 2.05) is 11.8 Å². The van der Waals surface area contributed by atoms with Crippen LogP contribution < -0.4 is 4.90 Å². The van der Waals surface area contributed by atoms with Gasteiger partial charge in [0.05, 0.1) is 10.9 Å². The number of carboxylic acid groups (broad SMARTS) is 1. The van der Waals surface area contributed by atoms with E-state index >= 15 is 0 Å². The van der Waals surface area contributed by atoms with Gasteiger partial charge in [0.1, 0.15) is 23.8 Å². The Kier molecular flexibility index (Phi) is 5.97. The summed E-state index contributed by atoms with van der Waals surface area (Å²) in [4.78, 5) is 27.9. The summed E-state index contributed by atoms with van der Waals surface area (Å²) in [5.74, 6) is -0.131. The molecule has 8 nitrogen and oxygen atoms in total. The van der Waals surface area contributed by atoms with Crippen LogP contribution in [0.4, 0.5) is 28.2 Å². The Morgan fingerprint density at radius 3 is 2.49 bits per heavy atom. The predicted octanol–water partition coefficient (Wildman–Crippen LogP) is 5.22. The van der Waals surface area contributed by atoms with Crippen LogP contribution in [0.1, 0.15) is 19.4 Å². The minimum atomic E-state index is -4.58. The lowest BCUT2D eigenvalue weighted by Crippen LogP contribution is -2.58. The number of amides is 1. The number of halogens is 4. The molecule has 1 saturated heterocycles. The van der Waals surface area contributed by atoms with Crippen molar-refractivity contribution in [1.82, 2.24) is 24.4 Å². The van der Waals surface area contributed by atoms with Crippen LogP contribution in [0.3, 0.4) is 0 Å². The first-order valence-corrected chi connectivity index (χ1v) is 11.5. The van der Waals surface area contributed by atoms with Gasteiger partial charge < -0.3 is 14.9 Å². The molecule has 4 aromatic rings. The highest BCUT2D eigenvalue weighted by atomic mass is 19.4. The van der Waals surface area contributed by atoms with Crippen LogP contribution in [0.15, 0.2) is 55.1 Å². The number of pyridine rings is 1. The number of hydrogen-bond donors (Lipinski definition) is 1. The zero-order valence-corrected chi connectivity index (χ0v) is 19.8. The first-order chi connectivity index (χ1) is 17.6. The number of rotatable bonds is 3. The van der Waals surface area contributed by atoms with E-state index in [0.29, 0.717) is 23.3 Å². The quantitative estimate of drug-likeness (QED) is 0.378. The van der Waals surface area contributed by atoms with E-state index in [0.717, 1.165) is 18.3 Å². The average Bonchev–Trinajstić information content (AvgIpc) is 3.25. The molecule has 1 aliphatic rings. The number of aromatic nitrogens is 4. The molecule has 4 heterocycles. The van der Waals surface area contributed by atoms with E-state index in [-0.39, 0.29) is 35.7 Å². The summed E-state index contributed by atoms with van der Waals surface area (Å²) in [7, 11) is 0. The Hall–Kier alpha value is -4.22. The molecule has 0 bridgehead atoms.